The number of hydrogen-bond donors (Lipinski definition) is 1. The predicted octanol–water partition coefficient (Wildman–Crippen LogP) is 4.75. The number of imide groups is 1. The Hall–Kier alpha value is -4.57. The molecule has 7 heteroatoms. The molecule has 1 aliphatic rings. The fraction of sp³-hybridized carbons (Fsp3) is 0.148. The Morgan fingerprint density at radius 2 is 1.59 bits per heavy atom. The minimum Gasteiger partial charge on any atom is -0.496 e. The molecule has 0 aliphatic carbocycles. The molecule has 2 amide bonds. The normalized spacial score (nSPS) is 13.3. The standard InChI is InChI=1S/C27H23N3O4/c1-17(2)34-21-14-10-19(11-15-21)29-25-24(22-6-4-5-7-23(22)33-3)26(31)30(27(25)32)20-12-8-18(16-28)9-13-20/h4-15,17,29H,1-3H3. The number of hydrogen-bond acceptors (Lipinski definition) is 6. The highest BCUT2D eigenvalue weighted by atomic mass is 16.5. The monoisotopic (exact) mass is 453 g/mol. The van der Waals surface area contributed by atoms with Crippen molar-refractivity contribution in [3.63, 3.8) is 0 Å². The Morgan fingerprint density at radius 1 is 0.912 bits per heavy atom. The first-order valence-corrected chi connectivity index (χ1v) is 10.7. The van der Waals surface area contributed by atoms with Gasteiger partial charge in [-0.3, -0.25) is 9.59 Å². The molecule has 1 N–H and O–H groups in total. The maximum atomic E-state index is 13.6. The van der Waals surface area contributed by atoms with E-state index in [1.807, 2.05) is 19.9 Å². The smallest absolute Gasteiger partial charge is 0.282 e. The Balaban J connectivity index is 1.77. The van der Waals surface area contributed by atoms with E-state index in [0.717, 1.165) is 4.90 Å². The van der Waals surface area contributed by atoms with Crippen molar-refractivity contribution < 1.29 is 19.1 Å². The average Bonchev–Trinajstić information content (AvgIpc) is 3.09. The molecular weight excluding hydrogens is 430 g/mol. The van der Waals surface area contributed by atoms with Crippen molar-refractivity contribution in [3.05, 3.63) is 89.6 Å². The van der Waals surface area contributed by atoms with Crippen LogP contribution in [0.1, 0.15) is 25.0 Å². The summed E-state index contributed by atoms with van der Waals surface area (Å²) in [5.41, 5.74) is 2.27. The van der Waals surface area contributed by atoms with Crippen molar-refractivity contribution in [2.75, 3.05) is 17.3 Å². The van der Waals surface area contributed by atoms with Crippen LogP contribution in [0.15, 0.2) is 78.5 Å². The van der Waals surface area contributed by atoms with E-state index in [2.05, 4.69) is 5.32 Å². The van der Waals surface area contributed by atoms with E-state index in [0.29, 0.717) is 34.0 Å². The summed E-state index contributed by atoms with van der Waals surface area (Å²) in [7, 11) is 1.51. The van der Waals surface area contributed by atoms with Gasteiger partial charge in [0.25, 0.3) is 11.8 Å². The second kappa shape index (κ2) is 9.51. The van der Waals surface area contributed by atoms with E-state index in [9.17, 15) is 9.59 Å². The summed E-state index contributed by atoms with van der Waals surface area (Å²) in [6, 6.07) is 22.5. The van der Waals surface area contributed by atoms with Crippen LogP contribution in [0.25, 0.3) is 5.57 Å². The van der Waals surface area contributed by atoms with Crippen molar-refractivity contribution in [1.82, 2.24) is 0 Å². The molecule has 0 radical (unpaired) electrons. The highest BCUT2D eigenvalue weighted by molar-refractivity contribution is 6.46. The lowest BCUT2D eigenvalue weighted by Gasteiger charge is -2.16. The van der Waals surface area contributed by atoms with Gasteiger partial charge in [0.15, 0.2) is 0 Å². The van der Waals surface area contributed by atoms with Gasteiger partial charge in [-0.25, -0.2) is 4.90 Å². The van der Waals surface area contributed by atoms with Crippen LogP contribution < -0.4 is 19.7 Å². The van der Waals surface area contributed by atoms with Crippen molar-refractivity contribution in [2.45, 2.75) is 20.0 Å². The van der Waals surface area contributed by atoms with Crippen molar-refractivity contribution in [1.29, 1.82) is 5.26 Å². The van der Waals surface area contributed by atoms with Crippen LogP contribution in [0.5, 0.6) is 11.5 Å². The number of para-hydroxylation sites is 1. The largest absolute Gasteiger partial charge is 0.496 e. The number of ether oxygens (including phenoxy) is 2. The molecule has 0 aromatic heterocycles. The van der Waals surface area contributed by atoms with Gasteiger partial charge >= 0.3 is 0 Å². The van der Waals surface area contributed by atoms with Gasteiger partial charge in [0.1, 0.15) is 17.2 Å². The molecular formula is C27H23N3O4. The molecule has 0 fully saturated rings. The zero-order valence-electron chi connectivity index (χ0n) is 19.0. The average molecular weight is 453 g/mol. The number of nitrogens with one attached hydrogen (secondary N) is 1. The minimum absolute atomic E-state index is 0.0358. The maximum Gasteiger partial charge on any atom is 0.282 e. The molecule has 4 rings (SSSR count). The summed E-state index contributed by atoms with van der Waals surface area (Å²) in [5, 5.41) is 12.2. The predicted molar refractivity (Wildman–Crippen MR) is 129 cm³/mol. The number of methoxy groups -OCH3 is 1. The van der Waals surface area contributed by atoms with Gasteiger partial charge in [-0.1, -0.05) is 18.2 Å². The van der Waals surface area contributed by atoms with Gasteiger partial charge in [-0.05, 0) is 68.4 Å². The first-order valence-electron chi connectivity index (χ1n) is 10.7. The first kappa shape index (κ1) is 22.6. The molecule has 170 valence electrons. The second-order valence-corrected chi connectivity index (χ2v) is 7.87. The molecule has 1 aliphatic heterocycles. The van der Waals surface area contributed by atoms with Crippen LogP contribution in [-0.4, -0.2) is 25.0 Å². The fourth-order valence-electron chi connectivity index (χ4n) is 3.70. The maximum absolute atomic E-state index is 13.6. The number of carbonyl (C=O) groups is 2. The van der Waals surface area contributed by atoms with E-state index in [1.165, 1.54) is 7.11 Å². The lowest BCUT2D eigenvalue weighted by atomic mass is 10.0. The van der Waals surface area contributed by atoms with E-state index in [4.69, 9.17) is 14.7 Å². The lowest BCUT2D eigenvalue weighted by Crippen LogP contribution is -2.32. The quantitative estimate of drug-likeness (QED) is 0.519. The fourth-order valence-corrected chi connectivity index (χ4v) is 3.70. The van der Waals surface area contributed by atoms with Crippen LogP contribution >= 0.6 is 0 Å². The molecule has 0 saturated heterocycles. The molecule has 7 nitrogen and oxygen atoms in total. The summed E-state index contributed by atoms with van der Waals surface area (Å²) in [4.78, 5) is 28.2. The number of benzene rings is 3. The number of amides is 2. The Morgan fingerprint density at radius 3 is 2.21 bits per heavy atom. The van der Waals surface area contributed by atoms with E-state index >= 15 is 0 Å². The van der Waals surface area contributed by atoms with Gasteiger partial charge in [-0.15, -0.1) is 0 Å². The van der Waals surface area contributed by atoms with Gasteiger partial charge in [-0.2, -0.15) is 5.26 Å². The van der Waals surface area contributed by atoms with Gasteiger partial charge < -0.3 is 14.8 Å². The third kappa shape index (κ3) is 4.34. The molecule has 34 heavy (non-hydrogen) atoms. The topological polar surface area (TPSA) is 91.7 Å². The number of anilines is 2. The van der Waals surface area contributed by atoms with Crippen LogP contribution in [-0.2, 0) is 9.59 Å². The Kier molecular flexibility index (Phi) is 6.33. The first-order chi connectivity index (χ1) is 16.4. The number of nitrogens with zero attached hydrogens (tertiary/aromatic N) is 2. The SMILES string of the molecule is COc1ccccc1C1=C(Nc2ccc(OC(C)C)cc2)C(=O)N(c2ccc(C#N)cc2)C1=O. The van der Waals surface area contributed by atoms with E-state index < -0.39 is 11.8 Å². The molecule has 0 unspecified atom stereocenters. The summed E-state index contributed by atoms with van der Waals surface area (Å²) in [6.45, 7) is 3.88. The number of rotatable bonds is 7. The highest BCUT2D eigenvalue weighted by Gasteiger charge is 2.41. The Bertz CT molecular complexity index is 1300. The van der Waals surface area contributed by atoms with Crippen LogP contribution in [0, 0.1) is 11.3 Å². The van der Waals surface area contributed by atoms with E-state index in [1.54, 1.807) is 72.8 Å². The second-order valence-electron chi connectivity index (χ2n) is 7.87. The third-order valence-corrected chi connectivity index (χ3v) is 5.21. The van der Waals surface area contributed by atoms with Crippen LogP contribution in [0.4, 0.5) is 11.4 Å². The van der Waals surface area contributed by atoms with Crippen molar-refractivity contribution in [3.8, 4) is 17.6 Å². The van der Waals surface area contributed by atoms with Gasteiger partial charge in [0.05, 0.1) is 36.1 Å². The summed E-state index contributed by atoms with van der Waals surface area (Å²) >= 11 is 0. The van der Waals surface area contributed by atoms with Crippen molar-refractivity contribution in [2.24, 2.45) is 0 Å². The zero-order chi connectivity index (χ0) is 24.2. The van der Waals surface area contributed by atoms with Gasteiger partial charge in [0.2, 0.25) is 0 Å². The molecule has 0 bridgehead atoms. The molecule has 1 heterocycles. The number of nitriles is 1. The summed E-state index contributed by atoms with van der Waals surface area (Å²) < 4.78 is 11.2. The third-order valence-electron chi connectivity index (χ3n) is 5.21. The summed E-state index contributed by atoms with van der Waals surface area (Å²) in [6.07, 6.45) is 0.0358. The highest BCUT2D eigenvalue weighted by Crippen LogP contribution is 2.37. The molecule has 0 saturated carbocycles. The minimum atomic E-state index is -0.502. The summed E-state index contributed by atoms with van der Waals surface area (Å²) in [5.74, 6) is 0.187. The van der Waals surface area contributed by atoms with E-state index in [-0.39, 0.29) is 17.4 Å². The molecule has 3 aromatic carbocycles. The zero-order valence-corrected chi connectivity index (χ0v) is 19.0. The van der Waals surface area contributed by atoms with Crippen LogP contribution in [0.3, 0.4) is 0 Å². The number of carbonyl (C=O) groups excluding carboxylic acids is 2. The molecule has 0 spiro atoms. The van der Waals surface area contributed by atoms with Gasteiger partial charge in [0, 0.05) is 11.3 Å². The van der Waals surface area contributed by atoms with Crippen molar-refractivity contribution >= 4 is 28.8 Å². The molecule has 0 atom stereocenters. The molecule has 3 aromatic rings. The van der Waals surface area contributed by atoms with Crippen LogP contribution in [0.2, 0.25) is 0 Å². The Labute approximate surface area is 197 Å². The lowest BCUT2D eigenvalue weighted by molar-refractivity contribution is -0.120.